The molecule has 0 heterocycles. The first-order chi connectivity index (χ1) is 10.7. The number of methoxy groups -OCH3 is 1. The fraction of sp³-hybridized carbons (Fsp3) is 0.235. The van der Waals surface area contributed by atoms with Gasteiger partial charge in [0.25, 0.3) is 5.91 Å². The van der Waals surface area contributed by atoms with Gasteiger partial charge in [-0.2, -0.15) is 0 Å². The van der Waals surface area contributed by atoms with E-state index < -0.39 is 11.7 Å². The lowest BCUT2D eigenvalue weighted by Crippen LogP contribution is -2.33. The van der Waals surface area contributed by atoms with Crippen molar-refractivity contribution in [3.63, 3.8) is 0 Å². The number of carbonyl (C=O) groups excluding carboxylic acids is 1. The fourth-order valence-electron chi connectivity index (χ4n) is 2.18. The van der Waals surface area contributed by atoms with Crippen LogP contribution in [0.1, 0.15) is 15.9 Å². The number of aliphatic hydroxyl groups excluding tert-OH is 1. The molecular weight excluding hydrogens is 285 g/mol. The molecule has 1 N–H and O–H groups in total. The number of rotatable bonds is 6. The summed E-state index contributed by atoms with van der Waals surface area (Å²) < 4.78 is 19.1. The Balaban J connectivity index is 2.26. The van der Waals surface area contributed by atoms with Crippen molar-refractivity contribution in [3.05, 3.63) is 65.5 Å². The topological polar surface area (TPSA) is 49.8 Å². The maximum Gasteiger partial charge on any atom is 0.257 e. The Morgan fingerprint density at radius 1 is 1.18 bits per heavy atom. The minimum absolute atomic E-state index is 0.0227. The number of halogens is 1. The summed E-state index contributed by atoms with van der Waals surface area (Å²) in [5, 5.41) is 9.17. The number of ether oxygens (including phenoxy) is 1. The molecule has 116 valence electrons. The third kappa shape index (κ3) is 3.62. The fourth-order valence-corrected chi connectivity index (χ4v) is 2.18. The van der Waals surface area contributed by atoms with Crippen molar-refractivity contribution in [1.82, 2.24) is 4.90 Å². The van der Waals surface area contributed by atoms with Crippen LogP contribution >= 0.6 is 0 Å². The van der Waals surface area contributed by atoms with Crippen LogP contribution in [-0.4, -0.2) is 36.2 Å². The predicted molar refractivity (Wildman–Crippen MR) is 81.2 cm³/mol. The Labute approximate surface area is 128 Å². The highest BCUT2D eigenvalue weighted by Crippen LogP contribution is 2.21. The van der Waals surface area contributed by atoms with E-state index in [1.807, 2.05) is 30.3 Å². The van der Waals surface area contributed by atoms with Crippen LogP contribution in [0.25, 0.3) is 0 Å². The van der Waals surface area contributed by atoms with Crippen LogP contribution in [-0.2, 0) is 6.54 Å². The number of benzene rings is 2. The van der Waals surface area contributed by atoms with Crippen LogP contribution in [0.4, 0.5) is 4.39 Å². The van der Waals surface area contributed by atoms with Gasteiger partial charge in [-0.25, -0.2) is 4.39 Å². The number of amides is 1. The zero-order valence-electron chi connectivity index (χ0n) is 12.3. The summed E-state index contributed by atoms with van der Waals surface area (Å²) in [5.74, 6) is -1.14. The predicted octanol–water partition coefficient (Wildman–Crippen LogP) is 2.47. The third-order valence-electron chi connectivity index (χ3n) is 3.29. The molecule has 0 aliphatic heterocycles. The summed E-state index contributed by atoms with van der Waals surface area (Å²) in [6, 6.07) is 13.8. The van der Waals surface area contributed by atoms with E-state index in [9.17, 15) is 9.18 Å². The molecule has 0 atom stereocenters. The normalized spacial score (nSPS) is 10.3. The number of nitrogens with zero attached hydrogens (tertiary/aromatic N) is 1. The second-order valence-corrected chi connectivity index (χ2v) is 4.76. The highest BCUT2D eigenvalue weighted by Gasteiger charge is 2.21. The molecule has 2 aromatic carbocycles. The number of hydrogen-bond acceptors (Lipinski definition) is 3. The molecule has 0 radical (unpaired) electrons. The monoisotopic (exact) mass is 303 g/mol. The van der Waals surface area contributed by atoms with E-state index in [0.717, 1.165) is 5.56 Å². The molecule has 22 heavy (non-hydrogen) atoms. The van der Waals surface area contributed by atoms with E-state index >= 15 is 0 Å². The van der Waals surface area contributed by atoms with Crippen LogP contribution in [0.2, 0.25) is 0 Å². The second-order valence-electron chi connectivity index (χ2n) is 4.76. The summed E-state index contributed by atoms with van der Waals surface area (Å²) in [6.07, 6.45) is 0. The molecule has 0 aliphatic carbocycles. The molecule has 1 amide bonds. The van der Waals surface area contributed by atoms with Crippen molar-refractivity contribution in [3.8, 4) is 5.75 Å². The van der Waals surface area contributed by atoms with Crippen molar-refractivity contribution in [1.29, 1.82) is 0 Å². The van der Waals surface area contributed by atoms with Crippen molar-refractivity contribution in [2.24, 2.45) is 0 Å². The zero-order chi connectivity index (χ0) is 15.9. The first kappa shape index (κ1) is 16.0. The summed E-state index contributed by atoms with van der Waals surface area (Å²) in [6.45, 7) is 0.241. The highest BCUT2D eigenvalue weighted by atomic mass is 19.1. The first-order valence-corrected chi connectivity index (χ1v) is 6.94. The average molecular weight is 303 g/mol. The Morgan fingerprint density at radius 2 is 1.91 bits per heavy atom. The molecule has 0 bridgehead atoms. The lowest BCUT2D eigenvalue weighted by molar-refractivity contribution is 0.0702. The maximum absolute atomic E-state index is 14.2. The standard InChI is InChI=1S/C17H18FNO3/c1-22-15-9-5-8-14(16(15)18)17(21)19(10-11-20)12-13-6-3-2-4-7-13/h2-9,20H,10-12H2,1H3. The number of aliphatic hydroxyl groups is 1. The lowest BCUT2D eigenvalue weighted by Gasteiger charge is -2.22. The van der Waals surface area contributed by atoms with E-state index in [0.29, 0.717) is 6.54 Å². The summed E-state index contributed by atoms with van der Waals surface area (Å²) >= 11 is 0. The van der Waals surface area contributed by atoms with Gasteiger partial charge in [-0.1, -0.05) is 36.4 Å². The SMILES string of the molecule is COc1cccc(C(=O)N(CCO)Cc2ccccc2)c1F. The van der Waals surface area contributed by atoms with E-state index in [4.69, 9.17) is 9.84 Å². The van der Waals surface area contributed by atoms with Crippen LogP contribution < -0.4 is 4.74 Å². The molecule has 0 saturated heterocycles. The second kappa shape index (κ2) is 7.56. The van der Waals surface area contributed by atoms with E-state index in [-0.39, 0.29) is 24.5 Å². The van der Waals surface area contributed by atoms with Gasteiger partial charge in [-0.15, -0.1) is 0 Å². The minimum Gasteiger partial charge on any atom is -0.494 e. The van der Waals surface area contributed by atoms with Crippen molar-refractivity contribution in [2.75, 3.05) is 20.3 Å². The molecule has 0 spiro atoms. The van der Waals surface area contributed by atoms with Gasteiger partial charge >= 0.3 is 0 Å². The van der Waals surface area contributed by atoms with Crippen molar-refractivity contribution >= 4 is 5.91 Å². The smallest absolute Gasteiger partial charge is 0.257 e. The van der Waals surface area contributed by atoms with Crippen LogP contribution in [0.5, 0.6) is 5.75 Å². The minimum atomic E-state index is -0.689. The molecule has 0 aliphatic rings. The quantitative estimate of drug-likeness (QED) is 0.892. The Bertz CT molecular complexity index is 631. The highest BCUT2D eigenvalue weighted by molar-refractivity contribution is 5.95. The zero-order valence-corrected chi connectivity index (χ0v) is 12.3. The van der Waals surface area contributed by atoms with Gasteiger partial charge in [0.05, 0.1) is 19.3 Å². The van der Waals surface area contributed by atoms with E-state index in [1.54, 1.807) is 6.07 Å². The van der Waals surface area contributed by atoms with Gasteiger partial charge in [-0.3, -0.25) is 4.79 Å². The van der Waals surface area contributed by atoms with Gasteiger partial charge in [0.1, 0.15) is 0 Å². The van der Waals surface area contributed by atoms with Gasteiger partial charge < -0.3 is 14.7 Å². The molecular formula is C17H18FNO3. The van der Waals surface area contributed by atoms with Crippen molar-refractivity contribution < 1.29 is 19.0 Å². The van der Waals surface area contributed by atoms with E-state index in [1.165, 1.54) is 24.1 Å². The lowest BCUT2D eigenvalue weighted by atomic mass is 10.1. The van der Waals surface area contributed by atoms with Crippen molar-refractivity contribution in [2.45, 2.75) is 6.54 Å². The molecule has 0 aromatic heterocycles. The van der Waals surface area contributed by atoms with E-state index in [2.05, 4.69) is 0 Å². The number of carbonyl (C=O) groups is 1. The van der Waals surface area contributed by atoms with Gasteiger partial charge in [0, 0.05) is 13.1 Å². The van der Waals surface area contributed by atoms with Crippen LogP contribution in [0, 0.1) is 5.82 Å². The Kier molecular flexibility index (Phi) is 5.49. The van der Waals surface area contributed by atoms with Gasteiger partial charge in [-0.05, 0) is 17.7 Å². The third-order valence-corrected chi connectivity index (χ3v) is 3.29. The molecule has 4 nitrogen and oxygen atoms in total. The molecule has 0 unspecified atom stereocenters. The summed E-state index contributed by atoms with van der Waals surface area (Å²) in [5.41, 5.74) is 0.844. The Morgan fingerprint density at radius 3 is 2.55 bits per heavy atom. The summed E-state index contributed by atoms with van der Waals surface area (Å²) in [7, 11) is 1.35. The van der Waals surface area contributed by atoms with Gasteiger partial charge in [0.15, 0.2) is 11.6 Å². The first-order valence-electron chi connectivity index (χ1n) is 6.94. The Hall–Kier alpha value is -2.40. The molecule has 2 aromatic rings. The maximum atomic E-state index is 14.2. The molecule has 0 fully saturated rings. The molecule has 2 rings (SSSR count). The molecule has 0 saturated carbocycles. The van der Waals surface area contributed by atoms with Crippen LogP contribution in [0.3, 0.4) is 0 Å². The number of hydrogen-bond donors (Lipinski definition) is 1. The largest absolute Gasteiger partial charge is 0.494 e. The average Bonchev–Trinajstić information content (AvgIpc) is 2.55. The van der Waals surface area contributed by atoms with Gasteiger partial charge in [0.2, 0.25) is 0 Å². The summed E-state index contributed by atoms with van der Waals surface area (Å²) in [4.78, 5) is 14.0. The molecule has 5 heteroatoms. The van der Waals surface area contributed by atoms with Crippen LogP contribution in [0.15, 0.2) is 48.5 Å².